The zero-order valence-electron chi connectivity index (χ0n) is 8.83. The van der Waals surface area contributed by atoms with Crippen molar-refractivity contribution in [2.45, 2.75) is 13.3 Å². The van der Waals surface area contributed by atoms with Crippen LogP contribution in [0.3, 0.4) is 0 Å². The smallest absolute Gasteiger partial charge is 0.318 e. The molecule has 0 saturated carbocycles. The summed E-state index contributed by atoms with van der Waals surface area (Å²) in [6.45, 7) is 2.60. The van der Waals surface area contributed by atoms with Crippen LogP contribution in [0.15, 0.2) is 0 Å². The standard InChI is InChI=1S/C9H17NO4/c1-4-7(9(12)14-3)8(11)10-5-6-13-2/h7H,4-6H2,1-3H3,(H,10,11). The Balaban J connectivity index is 3.98. The van der Waals surface area contributed by atoms with Gasteiger partial charge in [-0.3, -0.25) is 9.59 Å². The van der Waals surface area contributed by atoms with Gasteiger partial charge in [-0.2, -0.15) is 0 Å². The minimum atomic E-state index is -0.711. The summed E-state index contributed by atoms with van der Waals surface area (Å²) in [5.41, 5.74) is 0. The van der Waals surface area contributed by atoms with Gasteiger partial charge in [-0.25, -0.2) is 0 Å². The average Bonchev–Trinajstić information content (AvgIpc) is 2.19. The number of ether oxygens (including phenoxy) is 2. The summed E-state index contributed by atoms with van der Waals surface area (Å²) >= 11 is 0. The maximum atomic E-state index is 11.4. The van der Waals surface area contributed by atoms with Gasteiger partial charge >= 0.3 is 5.97 Å². The van der Waals surface area contributed by atoms with Crippen LogP contribution < -0.4 is 5.32 Å². The number of rotatable bonds is 6. The number of carbonyl (C=O) groups excluding carboxylic acids is 2. The number of methoxy groups -OCH3 is 2. The summed E-state index contributed by atoms with van der Waals surface area (Å²) in [6.07, 6.45) is 0.436. The molecule has 0 saturated heterocycles. The van der Waals surface area contributed by atoms with E-state index in [-0.39, 0.29) is 5.91 Å². The number of carbonyl (C=O) groups is 2. The Hall–Kier alpha value is -1.10. The molecule has 0 heterocycles. The van der Waals surface area contributed by atoms with Gasteiger partial charge in [-0.15, -0.1) is 0 Å². The van der Waals surface area contributed by atoms with Crippen molar-refractivity contribution < 1.29 is 19.1 Å². The summed E-state index contributed by atoms with van der Waals surface area (Å²) in [5.74, 6) is -1.52. The van der Waals surface area contributed by atoms with Crippen molar-refractivity contribution in [2.24, 2.45) is 5.92 Å². The summed E-state index contributed by atoms with van der Waals surface area (Å²) < 4.78 is 9.26. The number of amides is 1. The van der Waals surface area contributed by atoms with Gasteiger partial charge in [0.25, 0.3) is 0 Å². The van der Waals surface area contributed by atoms with E-state index in [0.717, 1.165) is 0 Å². The number of esters is 1. The van der Waals surface area contributed by atoms with Gasteiger partial charge in [0.2, 0.25) is 5.91 Å². The minimum Gasteiger partial charge on any atom is -0.468 e. The van der Waals surface area contributed by atoms with Crippen molar-refractivity contribution in [3.05, 3.63) is 0 Å². The number of nitrogens with one attached hydrogen (secondary N) is 1. The Labute approximate surface area is 83.8 Å². The Morgan fingerprint density at radius 1 is 1.36 bits per heavy atom. The highest BCUT2D eigenvalue weighted by Crippen LogP contribution is 2.04. The Bertz CT molecular complexity index is 193. The molecular weight excluding hydrogens is 186 g/mol. The zero-order valence-corrected chi connectivity index (χ0v) is 8.83. The van der Waals surface area contributed by atoms with Crippen molar-refractivity contribution >= 4 is 11.9 Å². The summed E-state index contributed by atoms with van der Waals surface area (Å²) in [7, 11) is 2.82. The first-order chi connectivity index (χ1) is 6.67. The molecule has 5 nitrogen and oxygen atoms in total. The molecule has 0 aromatic heterocycles. The van der Waals surface area contributed by atoms with Crippen LogP contribution in [0.5, 0.6) is 0 Å². The first kappa shape index (κ1) is 12.9. The maximum absolute atomic E-state index is 11.4. The summed E-state index contributed by atoms with van der Waals surface area (Å²) in [5, 5.41) is 2.59. The topological polar surface area (TPSA) is 64.6 Å². The molecule has 82 valence electrons. The van der Waals surface area contributed by atoms with Crippen molar-refractivity contribution in [3.8, 4) is 0 Å². The SMILES string of the molecule is CCC(C(=O)NCCOC)C(=O)OC. The Morgan fingerprint density at radius 3 is 2.43 bits per heavy atom. The van der Waals surface area contributed by atoms with Gasteiger partial charge in [0.1, 0.15) is 5.92 Å². The van der Waals surface area contributed by atoms with Crippen LogP contribution >= 0.6 is 0 Å². The quantitative estimate of drug-likeness (QED) is 0.373. The predicted octanol–water partition coefficient (Wildman–Crippen LogP) is -0.0518. The molecule has 0 bridgehead atoms. The van der Waals surface area contributed by atoms with Crippen LogP contribution in [0.4, 0.5) is 0 Å². The van der Waals surface area contributed by atoms with Crippen molar-refractivity contribution in [2.75, 3.05) is 27.4 Å². The van der Waals surface area contributed by atoms with E-state index in [9.17, 15) is 9.59 Å². The van der Waals surface area contributed by atoms with E-state index in [1.54, 1.807) is 14.0 Å². The number of hydrogen-bond acceptors (Lipinski definition) is 4. The highest BCUT2D eigenvalue weighted by Gasteiger charge is 2.24. The molecule has 0 aromatic carbocycles. The average molecular weight is 203 g/mol. The second kappa shape index (κ2) is 7.32. The highest BCUT2D eigenvalue weighted by atomic mass is 16.5. The van der Waals surface area contributed by atoms with Gasteiger partial charge in [0, 0.05) is 13.7 Å². The maximum Gasteiger partial charge on any atom is 0.318 e. The molecule has 0 radical (unpaired) electrons. The highest BCUT2D eigenvalue weighted by molar-refractivity contribution is 5.97. The van der Waals surface area contributed by atoms with Crippen LogP contribution in [0.2, 0.25) is 0 Å². The lowest BCUT2D eigenvalue weighted by Crippen LogP contribution is -2.37. The zero-order chi connectivity index (χ0) is 11.0. The monoisotopic (exact) mass is 203 g/mol. The molecule has 0 aliphatic heterocycles. The normalized spacial score (nSPS) is 11.9. The largest absolute Gasteiger partial charge is 0.468 e. The van der Waals surface area contributed by atoms with E-state index >= 15 is 0 Å². The third-order valence-electron chi connectivity index (χ3n) is 1.82. The lowest BCUT2D eigenvalue weighted by Gasteiger charge is -2.12. The fourth-order valence-electron chi connectivity index (χ4n) is 1.00. The molecule has 1 atom stereocenters. The third kappa shape index (κ3) is 4.23. The van der Waals surface area contributed by atoms with Gasteiger partial charge in [-0.1, -0.05) is 6.92 Å². The molecule has 0 fully saturated rings. The first-order valence-corrected chi connectivity index (χ1v) is 4.51. The van der Waals surface area contributed by atoms with E-state index in [1.165, 1.54) is 7.11 Å². The molecular formula is C9H17NO4. The lowest BCUT2D eigenvalue weighted by molar-refractivity contribution is -0.150. The van der Waals surface area contributed by atoms with Crippen molar-refractivity contribution in [1.82, 2.24) is 5.32 Å². The Morgan fingerprint density at radius 2 is 2.00 bits per heavy atom. The molecule has 0 spiro atoms. The molecule has 0 aromatic rings. The van der Waals surface area contributed by atoms with E-state index in [0.29, 0.717) is 19.6 Å². The fourth-order valence-corrected chi connectivity index (χ4v) is 1.00. The van der Waals surface area contributed by atoms with Crippen LogP contribution in [-0.2, 0) is 19.1 Å². The molecule has 1 unspecified atom stereocenters. The van der Waals surface area contributed by atoms with E-state index in [1.807, 2.05) is 0 Å². The molecule has 0 aliphatic carbocycles. The minimum absolute atomic E-state index is 0.309. The molecule has 1 amide bonds. The van der Waals surface area contributed by atoms with Gasteiger partial charge in [0.15, 0.2) is 0 Å². The second-order valence-corrected chi connectivity index (χ2v) is 2.77. The van der Waals surface area contributed by atoms with Crippen LogP contribution in [0.1, 0.15) is 13.3 Å². The van der Waals surface area contributed by atoms with Crippen LogP contribution in [0.25, 0.3) is 0 Å². The fraction of sp³-hybridized carbons (Fsp3) is 0.778. The van der Waals surface area contributed by atoms with Crippen molar-refractivity contribution in [1.29, 1.82) is 0 Å². The van der Waals surface area contributed by atoms with Gasteiger partial charge in [0.05, 0.1) is 13.7 Å². The molecule has 0 rings (SSSR count). The second-order valence-electron chi connectivity index (χ2n) is 2.77. The molecule has 5 heteroatoms. The number of hydrogen-bond donors (Lipinski definition) is 1. The van der Waals surface area contributed by atoms with E-state index in [4.69, 9.17) is 4.74 Å². The van der Waals surface area contributed by atoms with E-state index < -0.39 is 11.9 Å². The van der Waals surface area contributed by atoms with E-state index in [2.05, 4.69) is 10.1 Å². The lowest BCUT2D eigenvalue weighted by atomic mass is 10.1. The first-order valence-electron chi connectivity index (χ1n) is 4.51. The van der Waals surface area contributed by atoms with Gasteiger partial charge in [-0.05, 0) is 6.42 Å². The molecule has 14 heavy (non-hydrogen) atoms. The molecule has 1 N–H and O–H groups in total. The van der Waals surface area contributed by atoms with Gasteiger partial charge < -0.3 is 14.8 Å². The van der Waals surface area contributed by atoms with Crippen molar-refractivity contribution in [3.63, 3.8) is 0 Å². The van der Waals surface area contributed by atoms with Crippen LogP contribution in [-0.4, -0.2) is 39.2 Å². The summed E-state index contributed by atoms with van der Waals surface area (Å²) in [4.78, 5) is 22.5. The summed E-state index contributed by atoms with van der Waals surface area (Å²) in [6, 6.07) is 0. The third-order valence-corrected chi connectivity index (χ3v) is 1.82. The molecule has 0 aliphatic rings. The van der Waals surface area contributed by atoms with Crippen LogP contribution in [0, 0.1) is 5.92 Å². The Kier molecular flexibility index (Phi) is 6.74. The predicted molar refractivity (Wildman–Crippen MR) is 50.7 cm³/mol.